The normalized spacial score (nSPS) is 17.5. The van der Waals surface area contributed by atoms with Gasteiger partial charge in [-0.15, -0.1) is 0 Å². The molecule has 0 saturated carbocycles. The van der Waals surface area contributed by atoms with E-state index in [0.29, 0.717) is 0 Å². The van der Waals surface area contributed by atoms with Crippen molar-refractivity contribution < 1.29 is 3.74 Å². The van der Waals surface area contributed by atoms with E-state index in [1.165, 1.54) is 0 Å². The SMILES string of the molecule is O=[As]1C=C1. The van der Waals surface area contributed by atoms with Crippen LogP contribution in [0.4, 0.5) is 0 Å². The molecule has 0 aromatic heterocycles. The van der Waals surface area contributed by atoms with Crippen molar-refractivity contribution in [2.45, 2.75) is 0 Å². The van der Waals surface area contributed by atoms with Crippen LogP contribution < -0.4 is 0 Å². The molecule has 0 amide bonds. The van der Waals surface area contributed by atoms with Crippen molar-refractivity contribution in [2.24, 2.45) is 0 Å². The van der Waals surface area contributed by atoms with E-state index < -0.39 is 14.6 Å². The fraction of sp³-hybridized carbons (Fsp3) is 0. The average molecular weight is 117 g/mol. The first-order valence-corrected chi connectivity index (χ1v) is 3.97. The predicted molar refractivity (Wildman–Crippen MR) is 15.6 cm³/mol. The van der Waals surface area contributed by atoms with Crippen LogP contribution in [0.2, 0.25) is 0 Å². The molecule has 0 aromatic carbocycles. The number of rotatable bonds is 0. The molecular formula is C2H2AsO. The van der Waals surface area contributed by atoms with E-state index in [9.17, 15) is 3.74 Å². The predicted octanol–water partition coefficient (Wildman–Crippen LogP) is 0.0566. The standard InChI is InChI=1S/C2H2AsO/c4-3-1-2-3/h1-2H. The van der Waals surface area contributed by atoms with Gasteiger partial charge >= 0.3 is 28.1 Å². The van der Waals surface area contributed by atoms with Crippen molar-refractivity contribution in [2.75, 3.05) is 0 Å². The molecule has 4 heavy (non-hydrogen) atoms. The van der Waals surface area contributed by atoms with Crippen molar-refractivity contribution >= 4 is 14.6 Å². The average Bonchev–Trinajstić information content (AvgIpc) is 1.75. The molecule has 0 aromatic rings. The van der Waals surface area contributed by atoms with Crippen molar-refractivity contribution in [1.29, 1.82) is 0 Å². The van der Waals surface area contributed by atoms with E-state index in [1.54, 1.807) is 9.73 Å². The Morgan fingerprint density at radius 2 is 1.75 bits per heavy atom. The molecule has 0 unspecified atom stereocenters. The minimum absolute atomic E-state index is 1.44. The second-order valence-corrected chi connectivity index (χ2v) is 3.42. The summed E-state index contributed by atoms with van der Waals surface area (Å²) in [5.41, 5.74) is 0. The van der Waals surface area contributed by atoms with E-state index in [4.69, 9.17) is 0 Å². The fourth-order valence-electron chi connectivity index (χ4n) is 0.0272. The molecule has 0 saturated heterocycles. The van der Waals surface area contributed by atoms with Gasteiger partial charge in [0.25, 0.3) is 0 Å². The van der Waals surface area contributed by atoms with Crippen molar-refractivity contribution in [3.05, 3.63) is 9.73 Å². The van der Waals surface area contributed by atoms with Crippen LogP contribution in [-0.2, 0) is 3.74 Å². The Morgan fingerprint density at radius 1 is 1.50 bits per heavy atom. The van der Waals surface area contributed by atoms with Crippen molar-refractivity contribution in [1.82, 2.24) is 0 Å². The molecule has 21 valence electrons. The zero-order chi connectivity index (χ0) is 2.99. The van der Waals surface area contributed by atoms with Crippen LogP contribution in [0, 0.1) is 0 Å². The second-order valence-electron chi connectivity index (χ2n) is 0.658. The third-order valence-corrected chi connectivity index (χ3v) is 1.41. The summed E-state index contributed by atoms with van der Waals surface area (Å²) in [6.07, 6.45) is 0. The van der Waals surface area contributed by atoms with E-state index in [1.807, 2.05) is 0 Å². The molecule has 1 radical (unpaired) electrons. The van der Waals surface area contributed by atoms with E-state index in [-0.39, 0.29) is 0 Å². The molecule has 0 atom stereocenters. The maximum atomic E-state index is 9.67. The molecule has 1 aliphatic heterocycles. The van der Waals surface area contributed by atoms with Crippen LogP contribution in [0.3, 0.4) is 0 Å². The summed E-state index contributed by atoms with van der Waals surface area (Å²) in [6, 6.07) is 0. The monoisotopic (exact) mass is 117 g/mol. The van der Waals surface area contributed by atoms with E-state index in [0.717, 1.165) is 0 Å². The molecule has 0 bridgehead atoms. The zero-order valence-corrected chi connectivity index (χ0v) is 3.89. The third-order valence-electron chi connectivity index (χ3n) is 0.271. The molecule has 2 heteroatoms. The summed E-state index contributed by atoms with van der Waals surface area (Å²) in [6.45, 7) is 0. The molecule has 0 spiro atoms. The summed E-state index contributed by atoms with van der Waals surface area (Å²) in [7, 11) is 0. The van der Waals surface area contributed by atoms with Gasteiger partial charge in [-0.25, -0.2) is 0 Å². The Morgan fingerprint density at radius 3 is 1.75 bits per heavy atom. The molecule has 1 rings (SSSR count). The van der Waals surface area contributed by atoms with Crippen LogP contribution in [0.1, 0.15) is 0 Å². The van der Waals surface area contributed by atoms with Crippen molar-refractivity contribution in [3.8, 4) is 0 Å². The molecular weight excluding hydrogens is 115 g/mol. The van der Waals surface area contributed by atoms with Gasteiger partial charge in [0.05, 0.1) is 0 Å². The van der Waals surface area contributed by atoms with Gasteiger partial charge in [-0.05, 0) is 0 Å². The van der Waals surface area contributed by atoms with Crippen LogP contribution >= 0.6 is 0 Å². The Kier molecular flexibility index (Phi) is 0.307. The zero-order valence-electron chi connectivity index (χ0n) is 2.01. The maximum absolute atomic E-state index is 9.67. The fourth-order valence-corrected chi connectivity index (χ4v) is 0.735. The summed E-state index contributed by atoms with van der Waals surface area (Å²) >= 11 is -1.44. The summed E-state index contributed by atoms with van der Waals surface area (Å²) in [4.78, 5) is 3.51. The molecule has 1 nitrogen and oxygen atoms in total. The Bertz CT molecular complexity index is 66.1. The quantitative estimate of drug-likeness (QED) is 0.410. The van der Waals surface area contributed by atoms with Gasteiger partial charge in [0.1, 0.15) is 0 Å². The first kappa shape index (κ1) is 2.34. The summed E-state index contributed by atoms with van der Waals surface area (Å²) in [5.74, 6) is 0. The Labute approximate surface area is 28.8 Å². The molecule has 0 N–H and O–H groups in total. The molecule has 0 aliphatic carbocycles. The first-order valence-electron chi connectivity index (χ1n) is 1.03. The van der Waals surface area contributed by atoms with Gasteiger partial charge in [0.2, 0.25) is 0 Å². The summed E-state index contributed by atoms with van der Waals surface area (Å²) < 4.78 is 9.67. The Balaban J connectivity index is 2.80. The number of hydrogen-bond acceptors (Lipinski definition) is 1. The molecule has 0 fully saturated rings. The van der Waals surface area contributed by atoms with Gasteiger partial charge in [-0.2, -0.15) is 0 Å². The topological polar surface area (TPSA) is 17.1 Å². The third kappa shape index (κ3) is 0.264. The van der Waals surface area contributed by atoms with Crippen LogP contribution in [0.5, 0.6) is 0 Å². The second kappa shape index (κ2) is 0.525. The van der Waals surface area contributed by atoms with Crippen LogP contribution in [0.25, 0.3) is 0 Å². The van der Waals surface area contributed by atoms with Crippen LogP contribution in [0.15, 0.2) is 9.73 Å². The van der Waals surface area contributed by atoms with Gasteiger partial charge in [-0.3, -0.25) is 0 Å². The Hall–Kier alpha value is 0.0984. The van der Waals surface area contributed by atoms with Gasteiger partial charge in [0.15, 0.2) is 0 Å². The minimum atomic E-state index is -1.44. The first-order chi connectivity index (χ1) is 1.89. The van der Waals surface area contributed by atoms with Gasteiger partial charge in [0, 0.05) is 0 Å². The van der Waals surface area contributed by atoms with E-state index in [2.05, 4.69) is 0 Å². The molecule has 1 heterocycles. The molecule has 1 aliphatic rings. The number of hydrogen-bond donors (Lipinski definition) is 0. The summed E-state index contributed by atoms with van der Waals surface area (Å²) in [5, 5.41) is 0. The van der Waals surface area contributed by atoms with Crippen molar-refractivity contribution in [3.63, 3.8) is 0 Å². The van der Waals surface area contributed by atoms with Crippen LogP contribution in [-0.4, -0.2) is 14.6 Å². The van der Waals surface area contributed by atoms with Gasteiger partial charge < -0.3 is 0 Å². The van der Waals surface area contributed by atoms with E-state index >= 15 is 0 Å². The van der Waals surface area contributed by atoms with Gasteiger partial charge in [-0.1, -0.05) is 0 Å².